The van der Waals surface area contributed by atoms with E-state index in [9.17, 15) is 0 Å². The van der Waals surface area contributed by atoms with Gasteiger partial charge in [-0.25, -0.2) is 9.97 Å². The van der Waals surface area contributed by atoms with E-state index in [-0.39, 0.29) is 0 Å². The van der Waals surface area contributed by atoms with Crippen LogP contribution < -0.4 is 0 Å². The van der Waals surface area contributed by atoms with Gasteiger partial charge in [0.15, 0.2) is 5.82 Å². The quantitative estimate of drug-likeness (QED) is 0.739. The Morgan fingerprint density at radius 3 is 2.59 bits per heavy atom. The van der Waals surface area contributed by atoms with Crippen molar-refractivity contribution in [2.75, 3.05) is 0 Å². The second-order valence-electron chi connectivity index (χ2n) is 3.78. The number of aromatic nitrogens is 2. The normalized spacial score (nSPS) is 10.9. The zero-order valence-corrected chi connectivity index (χ0v) is 13.0. The molecule has 2 aromatic rings. The summed E-state index contributed by atoms with van der Waals surface area (Å²) < 4.78 is 1.09. The van der Waals surface area contributed by atoms with Crippen LogP contribution in [0.3, 0.4) is 0 Å². The average molecular weight is 332 g/mol. The van der Waals surface area contributed by atoms with Gasteiger partial charge in [0.05, 0.1) is 4.88 Å². The van der Waals surface area contributed by atoms with Crippen molar-refractivity contribution in [1.29, 1.82) is 0 Å². The summed E-state index contributed by atoms with van der Waals surface area (Å²) in [6.07, 6.45) is 0.868. The van der Waals surface area contributed by atoms with E-state index >= 15 is 0 Å². The molecule has 0 fully saturated rings. The Kier molecular flexibility index (Phi) is 3.85. The highest BCUT2D eigenvalue weighted by molar-refractivity contribution is 9.10. The van der Waals surface area contributed by atoms with E-state index < -0.39 is 0 Å². The van der Waals surface area contributed by atoms with Gasteiger partial charge in [0.2, 0.25) is 0 Å². The van der Waals surface area contributed by atoms with Gasteiger partial charge in [-0.05, 0) is 42.3 Å². The number of hydrogen-bond acceptors (Lipinski definition) is 3. The molecule has 0 radical (unpaired) electrons. The second-order valence-corrected chi connectivity index (χ2v) is 6.25. The molecule has 2 heterocycles. The fourth-order valence-electron chi connectivity index (χ4n) is 1.56. The lowest BCUT2D eigenvalue weighted by atomic mass is 10.2. The summed E-state index contributed by atoms with van der Waals surface area (Å²) in [5.74, 6) is 0.719. The van der Waals surface area contributed by atoms with Crippen LogP contribution in [0.25, 0.3) is 10.7 Å². The van der Waals surface area contributed by atoms with Crippen molar-refractivity contribution in [3.8, 4) is 10.7 Å². The van der Waals surface area contributed by atoms with Crippen molar-refractivity contribution in [3.63, 3.8) is 0 Å². The van der Waals surface area contributed by atoms with Gasteiger partial charge in [0.1, 0.15) is 5.15 Å². The van der Waals surface area contributed by atoms with Crippen LogP contribution in [0.2, 0.25) is 5.15 Å². The molecular weight excluding hydrogens is 320 g/mol. The minimum absolute atomic E-state index is 0.550. The third-order valence-corrected chi connectivity index (χ3v) is 5.10. The summed E-state index contributed by atoms with van der Waals surface area (Å²) in [7, 11) is 0. The maximum absolute atomic E-state index is 6.14. The Morgan fingerprint density at radius 1 is 1.35 bits per heavy atom. The first-order valence-electron chi connectivity index (χ1n) is 5.32. The van der Waals surface area contributed by atoms with Crippen LogP contribution in [0, 0.1) is 13.8 Å². The van der Waals surface area contributed by atoms with E-state index in [0.29, 0.717) is 5.15 Å². The van der Waals surface area contributed by atoms with Crippen LogP contribution in [-0.2, 0) is 6.42 Å². The van der Waals surface area contributed by atoms with Crippen LogP contribution in [0.5, 0.6) is 0 Å². The summed E-state index contributed by atoms with van der Waals surface area (Å²) >= 11 is 11.3. The van der Waals surface area contributed by atoms with Gasteiger partial charge < -0.3 is 0 Å². The SMILES string of the molecule is CCc1nc(-c2cc(Br)c(C)s2)nc(Cl)c1C. The summed E-state index contributed by atoms with van der Waals surface area (Å²) in [5.41, 5.74) is 1.99. The summed E-state index contributed by atoms with van der Waals surface area (Å²) in [5, 5.41) is 0.550. The van der Waals surface area contributed by atoms with Crippen molar-refractivity contribution < 1.29 is 0 Å². The van der Waals surface area contributed by atoms with Gasteiger partial charge >= 0.3 is 0 Å². The van der Waals surface area contributed by atoms with E-state index in [1.807, 2.05) is 13.0 Å². The molecule has 0 spiro atoms. The summed E-state index contributed by atoms with van der Waals surface area (Å²) in [4.78, 5) is 11.2. The molecule has 0 saturated carbocycles. The number of hydrogen-bond donors (Lipinski definition) is 0. The highest BCUT2D eigenvalue weighted by Crippen LogP contribution is 2.33. The topological polar surface area (TPSA) is 25.8 Å². The Balaban J connectivity index is 2.56. The fraction of sp³-hybridized carbons (Fsp3) is 0.333. The minimum atomic E-state index is 0.550. The Morgan fingerprint density at radius 2 is 2.06 bits per heavy atom. The predicted molar refractivity (Wildman–Crippen MR) is 76.9 cm³/mol. The molecule has 2 aromatic heterocycles. The van der Waals surface area contributed by atoms with Gasteiger partial charge in [0.25, 0.3) is 0 Å². The van der Waals surface area contributed by atoms with Crippen LogP contribution in [-0.4, -0.2) is 9.97 Å². The molecule has 0 aliphatic heterocycles. The molecule has 90 valence electrons. The summed E-state index contributed by atoms with van der Waals surface area (Å²) in [6.45, 7) is 6.10. The molecular formula is C12H12BrClN2S. The molecule has 0 aliphatic carbocycles. The monoisotopic (exact) mass is 330 g/mol. The van der Waals surface area contributed by atoms with Crippen molar-refractivity contribution in [1.82, 2.24) is 9.97 Å². The van der Waals surface area contributed by atoms with Gasteiger partial charge in [-0.1, -0.05) is 18.5 Å². The van der Waals surface area contributed by atoms with E-state index in [0.717, 1.165) is 32.9 Å². The molecule has 0 unspecified atom stereocenters. The molecule has 0 aromatic carbocycles. The zero-order valence-electron chi connectivity index (χ0n) is 9.84. The third kappa shape index (κ3) is 2.54. The van der Waals surface area contributed by atoms with Crippen LogP contribution in [0.4, 0.5) is 0 Å². The molecule has 5 heteroatoms. The molecule has 0 atom stereocenters. The zero-order chi connectivity index (χ0) is 12.6. The molecule has 0 amide bonds. The number of aryl methyl sites for hydroxylation is 2. The molecule has 0 bridgehead atoms. The van der Waals surface area contributed by atoms with Gasteiger partial charge in [-0.3, -0.25) is 0 Å². The predicted octanol–water partition coefficient (Wildman–Crippen LogP) is 4.80. The van der Waals surface area contributed by atoms with Gasteiger partial charge in [-0.15, -0.1) is 11.3 Å². The lowest BCUT2D eigenvalue weighted by Gasteiger charge is -2.06. The van der Waals surface area contributed by atoms with Crippen molar-refractivity contribution >= 4 is 38.9 Å². The average Bonchev–Trinajstić information content (AvgIpc) is 2.63. The minimum Gasteiger partial charge on any atom is -0.232 e. The fourth-order valence-corrected chi connectivity index (χ4v) is 3.22. The van der Waals surface area contributed by atoms with E-state index in [1.54, 1.807) is 11.3 Å². The molecule has 2 nitrogen and oxygen atoms in total. The number of halogens is 2. The first-order valence-corrected chi connectivity index (χ1v) is 7.31. The van der Waals surface area contributed by atoms with E-state index in [2.05, 4.69) is 39.7 Å². The number of rotatable bonds is 2. The standard InChI is InChI=1S/C12H12BrClN2S/c1-4-9-6(2)11(14)16-12(15-9)10-5-8(13)7(3)17-10/h5H,4H2,1-3H3. The maximum atomic E-state index is 6.14. The molecule has 2 rings (SSSR count). The van der Waals surface area contributed by atoms with Crippen molar-refractivity contribution in [3.05, 3.63) is 31.8 Å². The lowest BCUT2D eigenvalue weighted by molar-refractivity contribution is 0.979. The largest absolute Gasteiger partial charge is 0.232 e. The van der Waals surface area contributed by atoms with Crippen LogP contribution in [0.1, 0.15) is 23.1 Å². The Hall–Kier alpha value is -0.450. The van der Waals surface area contributed by atoms with E-state index in [1.165, 1.54) is 4.88 Å². The number of nitrogens with zero attached hydrogens (tertiary/aromatic N) is 2. The Bertz CT molecular complexity index is 546. The third-order valence-electron chi connectivity index (χ3n) is 2.60. The lowest BCUT2D eigenvalue weighted by Crippen LogP contribution is -1.98. The highest BCUT2D eigenvalue weighted by atomic mass is 79.9. The van der Waals surface area contributed by atoms with E-state index in [4.69, 9.17) is 11.6 Å². The first-order chi connectivity index (χ1) is 8.02. The van der Waals surface area contributed by atoms with Gasteiger partial charge in [0, 0.05) is 20.6 Å². The number of thiophene rings is 1. The first kappa shape index (κ1) is 13.0. The Labute approximate surface area is 118 Å². The molecule has 17 heavy (non-hydrogen) atoms. The maximum Gasteiger partial charge on any atom is 0.171 e. The highest BCUT2D eigenvalue weighted by Gasteiger charge is 2.12. The van der Waals surface area contributed by atoms with Crippen LogP contribution in [0.15, 0.2) is 10.5 Å². The molecule has 0 aliphatic rings. The van der Waals surface area contributed by atoms with Crippen LogP contribution >= 0.6 is 38.9 Å². The molecule has 0 N–H and O–H groups in total. The van der Waals surface area contributed by atoms with Crippen molar-refractivity contribution in [2.24, 2.45) is 0 Å². The van der Waals surface area contributed by atoms with Gasteiger partial charge in [-0.2, -0.15) is 0 Å². The second kappa shape index (κ2) is 5.04. The van der Waals surface area contributed by atoms with Crippen molar-refractivity contribution in [2.45, 2.75) is 27.2 Å². The smallest absolute Gasteiger partial charge is 0.171 e. The molecule has 0 saturated heterocycles. The summed E-state index contributed by atoms with van der Waals surface area (Å²) in [6, 6.07) is 2.04.